The molecule has 0 radical (unpaired) electrons. The quantitative estimate of drug-likeness (QED) is 0.652. The normalized spacial score (nSPS) is 31.9. The molecule has 1 aliphatic carbocycles. The lowest BCUT2D eigenvalue weighted by Gasteiger charge is -2.26. The molecule has 0 spiro atoms. The van der Waals surface area contributed by atoms with E-state index in [1.165, 1.54) is 12.8 Å². The van der Waals surface area contributed by atoms with Gasteiger partial charge in [0.2, 0.25) is 0 Å². The topological polar surface area (TPSA) is 3.24 Å². The first-order valence-corrected chi connectivity index (χ1v) is 5.65. The second kappa shape index (κ2) is 2.83. The van der Waals surface area contributed by atoms with E-state index in [1.807, 2.05) is 0 Å². The van der Waals surface area contributed by atoms with Crippen LogP contribution in [-0.2, 0) is 0 Å². The predicted octanol–water partition coefficient (Wildman–Crippen LogP) is 3.29. The molecule has 2 unspecified atom stereocenters. The molecule has 0 aromatic heterocycles. The zero-order chi connectivity index (χ0) is 9.71. The van der Waals surface area contributed by atoms with Crippen LogP contribution in [0.3, 0.4) is 0 Å². The van der Waals surface area contributed by atoms with Gasteiger partial charge >= 0.3 is 0 Å². The largest absolute Gasteiger partial charge is 0.287 e. The highest BCUT2D eigenvalue weighted by atomic mass is 15.2. The van der Waals surface area contributed by atoms with Gasteiger partial charge < -0.3 is 0 Å². The first kappa shape index (κ1) is 8.49. The molecule has 3 rings (SSSR count). The van der Waals surface area contributed by atoms with E-state index in [0.29, 0.717) is 12.1 Å². The summed E-state index contributed by atoms with van der Waals surface area (Å²) in [6.07, 6.45) is 2.81. The Morgan fingerprint density at radius 3 is 1.93 bits per heavy atom. The second-order valence-electron chi connectivity index (χ2n) is 4.66. The van der Waals surface area contributed by atoms with Gasteiger partial charge in [0, 0.05) is 18.1 Å². The van der Waals surface area contributed by atoms with Gasteiger partial charge in [-0.15, -0.1) is 0 Å². The summed E-state index contributed by atoms with van der Waals surface area (Å²) in [4.78, 5) is 2.69. The van der Waals surface area contributed by atoms with Gasteiger partial charge in [-0.3, -0.25) is 4.90 Å². The van der Waals surface area contributed by atoms with Crippen molar-refractivity contribution in [3.05, 3.63) is 35.4 Å². The summed E-state index contributed by atoms with van der Waals surface area (Å²) in [6, 6.07) is 11.0. The zero-order valence-corrected chi connectivity index (χ0v) is 8.90. The highest BCUT2D eigenvalue weighted by Gasteiger charge is 2.41. The molecule has 2 atom stereocenters. The summed E-state index contributed by atoms with van der Waals surface area (Å²) in [5.41, 5.74) is 3.10. The second-order valence-corrected chi connectivity index (χ2v) is 4.66. The Morgan fingerprint density at radius 2 is 1.50 bits per heavy atom. The van der Waals surface area contributed by atoms with Crippen molar-refractivity contribution in [2.75, 3.05) is 0 Å². The molecule has 0 N–H and O–H groups in total. The van der Waals surface area contributed by atoms with Crippen molar-refractivity contribution in [3.63, 3.8) is 0 Å². The van der Waals surface area contributed by atoms with Crippen molar-refractivity contribution in [2.24, 2.45) is 0 Å². The van der Waals surface area contributed by atoms with Crippen LogP contribution in [0, 0.1) is 0 Å². The van der Waals surface area contributed by atoms with E-state index in [4.69, 9.17) is 0 Å². The SMILES string of the molecule is CC1c2ccccc2C(C)N1C1CC1. The van der Waals surface area contributed by atoms with Gasteiger partial charge in [0.15, 0.2) is 0 Å². The third kappa shape index (κ3) is 1.05. The van der Waals surface area contributed by atoms with Gasteiger partial charge in [0.05, 0.1) is 0 Å². The average Bonchev–Trinajstić information content (AvgIpc) is 2.99. The summed E-state index contributed by atoms with van der Waals surface area (Å²) in [6.45, 7) is 4.70. The van der Waals surface area contributed by atoms with Gasteiger partial charge in [-0.25, -0.2) is 0 Å². The number of hydrogen-bond acceptors (Lipinski definition) is 1. The number of fused-ring (bicyclic) bond motifs is 1. The van der Waals surface area contributed by atoms with Crippen LogP contribution in [0.4, 0.5) is 0 Å². The molecule has 1 heterocycles. The first-order valence-electron chi connectivity index (χ1n) is 5.65. The fourth-order valence-electron chi connectivity index (χ4n) is 2.93. The molecule has 0 bridgehead atoms. The van der Waals surface area contributed by atoms with Crippen molar-refractivity contribution >= 4 is 0 Å². The molecule has 1 aliphatic heterocycles. The fourth-order valence-corrected chi connectivity index (χ4v) is 2.93. The molecule has 2 aliphatic rings. The molecular formula is C13H17N. The minimum absolute atomic E-state index is 0.633. The number of rotatable bonds is 1. The smallest absolute Gasteiger partial charge is 0.0332 e. The van der Waals surface area contributed by atoms with Gasteiger partial charge in [-0.1, -0.05) is 24.3 Å². The Balaban J connectivity index is 2.03. The number of hydrogen-bond donors (Lipinski definition) is 0. The zero-order valence-electron chi connectivity index (χ0n) is 8.90. The monoisotopic (exact) mass is 187 g/mol. The molecule has 1 heteroatoms. The average molecular weight is 187 g/mol. The number of nitrogens with zero attached hydrogens (tertiary/aromatic N) is 1. The summed E-state index contributed by atoms with van der Waals surface area (Å²) in [5.74, 6) is 0. The maximum atomic E-state index is 2.69. The molecule has 1 nitrogen and oxygen atoms in total. The molecule has 1 fully saturated rings. The minimum Gasteiger partial charge on any atom is -0.287 e. The molecule has 1 aromatic rings. The Hall–Kier alpha value is -0.820. The van der Waals surface area contributed by atoms with E-state index < -0.39 is 0 Å². The highest BCUT2D eigenvalue weighted by Crippen LogP contribution is 2.47. The molecule has 0 amide bonds. The van der Waals surface area contributed by atoms with Crippen molar-refractivity contribution in [2.45, 2.75) is 44.8 Å². The van der Waals surface area contributed by atoms with Crippen LogP contribution in [0.5, 0.6) is 0 Å². The van der Waals surface area contributed by atoms with E-state index in [2.05, 4.69) is 43.0 Å². The Morgan fingerprint density at radius 1 is 1.00 bits per heavy atom. The van der Waals surface area contributed by atoms with Crippen LogP contribution in [0.2, 0.25) is 0 Å². The molecule has 14 heavy (non-hydrogen) atoms. The Kier molecular flexibility index (Phi) is 1.72. The lowest BCUT2D eigenvalue weighted by molar-refractivity contribution is 0.172. The van der Waals surface area contributed by atoms with Gasteiger partial charge in [-0.2, -0.15) is 0 Å². The lowest BCUT2D eigenvalue weighted by Crippen LogP contribution is -2.25. The third-order valence-corrected chi connectivity index (χ3v) is 3.76. The molecular weight excluding hydrogens is 170 g/mol. The molecule has 1 aromatic carbocycles. The third-order valence-electron chi connectivity index (χ3n) is 3.76. The van der Waals surface area contributed by atoms with E-state index in [0.717, 1.165) is 6.04 Å². The van der Waals surface area contributed by atoms with Gasteiger partial charge in [0.25, 0.3) is 0 Å². The number of benzene rings is 1. The van der Waals surface area contributed by atoms with Crippen LogP contribution >= 0.6 is 0 Å². The van der Waals surface area contributed by atoms with Crippen LogP contribution in [0.15, 0.2) is 24.3 Å². The fraction of sp³-hybridized carbons (Fsp3) is 0.538. The van der Waals surface area contributed by atoms with E-state index in [1.54, 1.807) is 11.1 Å². The molecule has 1 saturated carbocycles. The van der Waals surface area contributed by atoms with Crippen LogP contribution in [-0.4, -0.2) is 10.9 Å². The Labute approximate surface area is 85.7 Å². The standard InChI is InChI=1S/C13H17N/c1-9-12-5-3-4-6-13(12)10(2)14(9)11-7-8-11/h3-6,9-11H,7-8H2,1-2H3. The maximum Gasteiger partial charge on any atom is 0.0332 e. The van der Waals surface area contributed by atoms with Crippen molar-refractivity contribution < 1.29 is 0 Å². The molecule has 74 valence electrons. The van der Waals surface area contributed by atoms with Crippen molar-refractivity contribution in [1.29, 1.82) is 0 Å². The summed E-state index contributed by atoms with van der Waals surface area (Å²) >= 11 is 0. The summed E-state index contributed by atoms with van der Waals surface area (Å²) in [5, 5.41) is 0. The first-order chi connectivity index (χ1) is 6.79. The highest BCUT2D eigenvalue weighted by molar-refractivity contribution is 5.37. The molecule has 0 saturated heterocycles. The van der Waals surface area contributed by atoms with Crippen molar-refractivity contribution in [1.82, 2.24) is 4.90 Å². The van der Waals surface area contributed by atoms with Crippen molar-refractivity contribution in [3.8, 4) is 0 Å². The maximum absolute atomic E-state index is 2.69. The van der Waals surface area contributed by atoms with Crippen LogP contribution in [0.25, 0.3) is 0 Å². The van der Waals surface area contributed by atoms with Crippen LogP contribution in [0.1, 0.15) is 49.9 Å². The summed E-state index contributed by atoms with van der Waals surface area (Å²) < 4.78 is 0. The van der Waals surface area contributed by atoms with E-state index in [-0.39, 0.29) is 0 Å². The van der Waals surface area contributed by atoms with Gasteiger partial charge in [-0.05, 0) is 37.8 Å². The predicted molar refractivity (Wildman–Crippen MR) is 58.1 cm³/mol. The lowest BCUT2D eigenvalue weighted by atomic mass is 10.0. The van der Waals surface area contributed by atoms with Crippen LogP contribution < -0.4 is 0 Å². The summed E-state index contributed by atoms with van der Waals surface area (Å²) in [7, 11) is 0. The Bertz CT molecular complexity index is 325. The van der Waals surface area contributed by atoms with Gasteiger partial charge in [0.1, 0.15) is 0 Å². The van der Waals surface area contributed by atoms with E-state index >= 15 is 0 Å². The van der Waals surface area contributed by atoms with E-state index in [9.17, 15) is 0 Å². The minimum atomic E-state index is 0.633.